The van der Waals surface area contributed by atoms with Gasteiger partial charge in [-0.1, -0.05) is 28.0 Å². The number of carbonyl (C=O) groups is 1. The Morgan fingerprint density at radius 3 is 2.80 bits per heavy atom. The molecule has 6 heteroatoms. The van der Waals surface area contributed by atoms with E-state index in [1.165, 1.54) is 18.6 Å². The van der Waals surface area contributed by atoms with Crippen LogP contribution in [0.15, 0.2) is 24.3 Å². The molecular formula is C14H18N3OS2+. The summed E-state index contributed by atoms with van der Waals surface area (Å²) in [6.45, 7) is 0. The van der Waals surface area contributed by atoms with E-state index in [-0.39, 0.29) is 5.91 Å². The first-order chi connectivity index (χ1) is 9.78. The molecule has 0 spiro atoms. The van der Waals surface area contributed by atoms with Crippen molar-refractivity contribution in [2.45, 2.75) is 37.4 Å². The first kappa shape index (κ1) is 15.2. The van der Waals surface area contributed by atoms with Gasteiger partial charge in [0.25, 0.3) is 0 Å². The summed E-state index contributed by atoms with van der Waals surface area (Å²) >= 11 is 0. The Bertz CT molecular complexity index is 478. The molecule has 0 saturated carbocycles. The highest BCUT2D eigenvalue weighted by molar-refractivity contribution is 8.77. The highest BCUT2D eigenvalue weighted by Crippen LogP contribution is 2.39. The lowest BCUT2D eigenvalue weighted by Gasteiger charge is -2.07. The second-order valence-electron chi connectivity index (χ2n) is 4.77. The highest BCUT2D eigenvalue weighted by atomic mass is 33.1. The van der Waals surface area contributed by atoms with Gasteiger partial charge in [-0.2, -0.15) is 0 Å². The molecule has 0 bridgehead atoms. The summed E-state index contributed by atoms with van der Waals surface area (Å²) in [6.07, 6.45) is 5.16. The van der Waals surface area contributed by atoms with Crippen molar-refractivity contribution >= 4 is 38.9 Å². The quantitative estimate of drug-likeness (QED) is 0.465. The van der Waals surface area contributed by atoms with Crippen LogP contribution in [0.1, 0.15) is 32.1 Å². The second-order valence-corrected chi connectivity index (χ2v) is 7.56. The van der Waals surface area contributed by atoms with Crippen LogP contribution in [0.3, 0.4) is 0 Å². The number of unbranched alkanes of at least 4 members (excludes halogenated alkanes) is 1. The molecule has 1 aliphatic heterocycles. The molecule has 1 N–H and O–H groups in total. The first-order valence-corrected chi connectivity index (χ1v) is 9.19. The molecule has 106 valence electrons. The maximum atomic E-state index is 11.8. The second kappa shape index (κ2) is 8.18. The molecule has 1 unspecified atom stereocenters. The minimum absolute atomic E-state index is 0.0483. The largest absolute Gasteiger partial charge is 0.385 e. The summed E-state index contributed by atoms with van der Waals surface area (Å²) in [7, 11) is 3.96. The van der Waals surface area contributed by atoms with Gasteiger partial charge in [0, 0.05) is 35.2 Å². The zero-order valence-corrected chi connectivity index (χ0v) is 12.9. The van der Waals surface area contributed by atoms with Crippen LogP contribution >= 0.6 is 21.6 Å². The van der Waals surface area contributed by atoms with Crippen molar-refractivity contribution in [3.63, 3.8) is 0 Å². The number of nitrogens with one attached hydrogen (secondary N) is 1. The molecule has 0 radical (unpaired) electrons. The van der Waals surface area contributed by atoms with E-state index in [1.54, 1.807) is 24.3 Å². The van der Waals surface area contributed by atoms with E-state index in [9.17, 15) is 4.79 Å². The fraction of sp³-hybridized carbons (Fsp3) is 0.500. The molecular weight excluding hydrogens is 290 g/mol. The van der Waals surface area contributed by atoms with Crippen LogP contribution in [-0.2, 0) is 4.79 Å². The molecule has 1 saturated heterocycles. The van der Waals surface area contributed by atoms with E-state index in [1.807, 2.05) is 21.6 Å². The van der Waals surface area contributed by atoms with Gasteiger partial charge in [0.15, 0.2) is 4.98 Å². The molecule has 1 heterocycles. The van der Waals surface area contributed by atoms with Crippen LogP contribution in [0, 0.1) is 5.39 Å². The van der Waals surface area contributed by atoms with Gasteiger partial charge in [0.05, 0.1) is 0 Å². The van der Waals surface area contributed by atoms with Gasteiger partial charge in [-0.3, -0.25) is 4.79 Å². The minimum atomic E-state index is 0.0483. The van der Waals surface area contributed by atoms with Crippen molar-refractivity contribution in [1.29, 1.82) is 5.39 Å². The fourth-order valence-electron chi connectivity index (χ4n) is 2.06. The van der Waals surface area contributed by atoms with Crippen LogP contribution in [0.25, 0.3) is 4.98 Å². The van der Waals surface area contributed by atoms with Crippen molar-refractivity contribution in [3.05, 3.63) is 29.2 Å². The number of nitrogens with zero attached hydrogens (tertiary/aromatic N) is 2. The monoisotopic (exact) mass is 308 g/mol. The minimum Gasteiger partial charge on any atom is -0.326 e. The average Bonchev–Trinajstić information content (AvgIpc) is 2.98. The first-order valence-electron chi connectivity index (χ1n) is 6.81. The van der Waals surface area contributed by atoms with Crippen molar-refractivity contribution < 1.29 is 4.79 Å². The van der Waals surface area contributed by atoms with Gasteiger partial charge in [0.2, 0.25) is 11.3 Å². The lowest BCUT2D eigenvalue weighted by molar-refractivity contribution is -0.116. The molecule has 2 rings (SSSR count). The average molecular weight is 308 g/mol. The normalized spacial score (nSPS) is 17.6. The third-order valence-electron chi connectivity index (χ3n) is 3.17. The Kier molecular flexibility index (Phi) is 6.22. The number of anilines is 1. The summed E-state index contributed by atoms with van der Waals surface area (Å²) in [5, 5.41) is 12.2. The predicted octanol–water partition coefficient (Wildman–Crippen LogP) is 4.82. The van der Waals surface area contributed by atoms with E-state index in [2.05, 4.69) is 10.3 Å². The smallest absolute Gasteiger partial charge is 0.326 e. The van der Waals surface area contributed by atoms with Crippen molar-refractivity contribution in [1.82, 2.24) is 0 Å². The third-order valence-corrected chi connectivity index (χ3v) is 6.18. The number of amides is 1. The predicted molar refractivity (Wildman–Crippen MR) is 86.7 cm³/mol. The number of hydrogen-bond donors (Lipinski definition) is 1. The molecule has 4 nitrogen and oxygen atoms in total. The van der Waals surface area contributed by atoms with Crippen LogP contribution in [0.2, 0.25) is 0 Å². The molecule has 1 aromatic rings. The number of carbonyl (C=O) groups excluding carboxylic acids is 1. The maximum absolute atomic E-state index is 11.8. The van der Waals surface area contributed by atoms with Crippen molar-refractivity contribution in [2.75, 3.05) is 11.1 Å². The summed E-state index contributed by atoms with van der Waals surface area (Å²) in [4.78, 5) is 14.8. The zero-order chi connectivity index (χ0) is 14.2. The molecule has 1 atom stereocenters. The van der Waals surface area contributed by atoms with Crippen LogP contribution in [-0.4, -0.2) is 16.9 Å². The Morgan fingerprint density at radius 1 is 1.35 bits per heavy atom. The van der Waals surface area contributed by atoms with Gasteiger partial charge in [-0.25, -0.2) is 0 Å². The van der Waals surface area contributed by atoms with E-state index in [0.717, 1.165) is 23.8 Å². The number of hydrogen-bond acceptors (Lipinski definition) is 4. The molecule has 1 aromatic carbocycles. The molecule has 0 aliphatic carbocycles. The van der Waals surface area contributed by atoms with Crippen LogP contribution in [0.4, 0.5) is 11.4 Å². The fourth-order valence-corrected chi connectivity index (χ4v) is 5.08. The van der Waals surface area contributed by atoms with Gasteiger partial charge >= 0.3 is 5.69 Å². The van der Waals surface area contributed by atoms with Crippen LogP contribution < -0.4 is 5.32 Å². The standard InChI is InChI=1S/C14H17N3OS2/c15-17-12-7-5-11(6-8-12)16-14(18)4-2-1-3-13-9-10-19-20-13/h5-8,13H,1-4,9-10H2/p+1. The Balaban J connectivity index is 1.63. The van der Waals surface area contributed by atoms with Gasteiger partial charge in [0.1, 0.15) is 0 Å². The van der Waals surface area contributed by atoms with Gasteiger partial charge < -0.3 is 5.32 Å². The summed E-state index contributed by atoms with van der Waals surface area (Å²) in [5.41, 5.74) is 1.22. The van der Waals surface area contributed by atoms with E-state index >= 15 is 0 Å². The van der Waals surface area contributed by atoms with Gasteiger partial charge in [-0.05, 0) is 31.4 Å². The SMILES string of the molecule is N#[N+]c1ccc(NC(=O)CCCCC2CCSS2)cc1. The highest BCUT2D eigenvalue weighted by Gasteiger charge is 2.15. The Labute approximate surface area is 127 Å². The molecule has 1 fully saturated rings. The van der Waals surface area contributed by atoms with Crippen molar-refractivity contribution in [3.8, 4) is 0 Å². The summed E-state index contributed by atoms with van der Waals surface area (Å²) in [6, 6.07) is 6.79. The number of diazo groups is 1. The molecule has 1 aliphatic rings. The summed E-state index contributed by atoms with van der Waals surface area (Å²) < 4.78 is 0. The van der Waals surface area contributed by atoms with E-state index < -0.39 is 0 Å². The van der Waals surface area contributed by atoms with Gasteiger partial charge in [-0.15, -0.1) is 0 Å². The molecule has 1 amide bonds. The van der Waals surface area contributed by atoms with E-state index in [0.29, 0.717) is 12.1 Å². The Morgan fingerprint density at radius 2 is 2.15 bits per heavy atom. The van der Waals surface area contributed by atoms with Crippen molar-refractivity contribution in [2.24, 2.45) is 0 Å². The number of rotatable bonds is 6. The third kappa shape index (κ3) is 5.06. The van der Waals surface area contributed by atoms with E-state index in [4.69, 9.17) is 5.39 Å². The van der Waals surface area contributed by atoms with Crippen LogP contribution in [0.5, 0.6) is 0 Å². The summed E-state index contributed by atoms with van der Waals surface area (Å²) in [5.74, 6) is 1.32. The zero-order valence-electron chi connectivity index (χ0n) is 11.2. The topological polar surface area (TPSA) is 57.2 Å². The molecule has 20 heavy (non-hydrogen) atoms. The lowest BCUT2D eigenvalue weighted by atomic mass is 10.1. The number of benzene rings is 1. The lowest BCUT2D eigenvalue weighted by Crippen LogP contribution is -2.11. The Hall–Kier alpha value is -1.19. The maximum Gasteiger partial charge on any atom is 0.385 e. The molecule has 0 aromatic heterocycles.